The number of H-pyrrole nitrogens is 2. The number of fused-ring (bicyclic) bond motifs is 3. The van der Waals surface area contributed by atoms with Gasteiger partial charge in [-0.1, -0.05) is 19.1 Å². The molecule has 16 heavy (non-hydrogen) atoms. The average Bonchev–Trinajstić information content (AvgIpc) is 2.85. The van der Waals surface area contributed by atoms with Crippen molar-refractivity contribution in [3.8, 4) is 0 Å². The number of aromatic nitrogens is 6. The quantitative estimate of drug-likeness (QED) is 0.701. The first-order valence-corrected chi connectivity index (χ1v) is 5.63. The summed E-state index contributed by atoms with van der Waals surface area (Å²) in [5, 5.41) is 19.2. The summed E-state index contributed by atoms with van der Waals surface area (Å²) in [6.45, 7) is 4.00. The first-order chi connectivity index (χ1) is 7.95. The predicted octanol–water partition coefficient (Wildman–Crippen LogP) is 1.30. The van der Waals surface area contributed by atoms with Crippen LogP contribution in [0, 0.1) is 5.92 Å². The SMILES string of the molecule is CC.c1n[nH]c2c1C[C@H]1C[C@@H]21.c1nn[nH]n1. The van der Waals surface area contributed by atoms with Crippen LogP contribution in [0.15, 0.2) is 12.5 Å². The molecule has 0 aromatic carbocycles. The van der Waals surface area contributed by atoms with E-state index in [1.807, 2.05) is 20.0 Å². The van der Waals surface area contributed by atoms with Gasteiger partial charge in [0.25, 0.3) is 0 Å². The first kappa shape index (κ1) is 10.8. The van der Waals surface area contributed by atoms with E-state index in [9.17, 15) is 0 Å². The monoisotopic (exact) mass is 220 g/mol. The van der Waals surface area contributed by atoms with Crippen LogP contribution in [-0.2, 0) is 6.42 Å². The van der Waals surface area contributed by atoms with Crippen LogP contribution in [0.3, 0.4) is 0 Å². The van der Waals surface area contributed by atoms with Crippen molar-refractivity contribution >= 4 is 0 Å². The van der Waals surface area contributed by atoms with Crippen LogP contribution >= 0.6 is 0 Å². The van der Waals surface area contributed by atoms with Crippen molar-refractivity contribution in [2.45, 2.75) is 32.6 Å². The molecular formula is C10H16N6. The summed E-state index contributed by atoms with van der Waals surface area (Å²) >= 11 is 0. The van der Waals surface area contributed by atoms with E-state index in [0.29, 0.717) is 0 Å². The Bertz CT molecular complexity index is 389. The summed E-state index contributed by atoms with van der Waals surface area (Å²) in [4.78, 5) is 0. The fourth-order valence-electron chi connectivity index (χ4n) is 2.04. The van der Waals surface area contributed by atoms with Crippen molar-refractivity contribution in [3.05, 3.63) is 23.8 Å². The average molecular weight is 220 g/mol. The number of rotatable bonds is 0. The van der Waals surface area contributed by atoms with Gasteiger partial charge in [0.15, 0.2) is 6.33 Å². The molecule has 0 spiro atoms. The Balaban J connectivity index is 0.000000119. The van der Waals surface area contributed by atoms with E-state index in [0.717, 1.165) is 11.8 Å². The van der Waals surface area contributed by atoms with Gasteiger partial charge >= 0.3 is 0 Å². The molecule has 6 nitrogen and oxygen atoms in total. The molecule has 2 aliphatic rings. The molecule has 0 unspecified atom stereocenters. The number of tetrazole rings is 1. The smallest absolute Gasteiger partial charge is 0.161 e. The summed E-state index contributed by atoms with van der Waals surface area (Å²) in [7, 11) is 0. The van der Waals surface area contributed by atoms with Crippen molar-refractivity contribution in [1.29, 1.82) is 0 Å². The largest absolute Gasteiger partial charge is 0.282 e. The zero-order valence-electron chi connectivity index (χ0n) is 9.51. The number of aromatic amines is 2. The van der Waals surface area contributed by atoms with Gasteiger partial charge in [0.1, 0.15) is 0 Å². The van der Waals surface area contributed by atoms with Crippen molar-refractivity contribution in [2.75, 3.05) is 0 Å². The molecule has 0 radical (unpaired) electrons. The highest BCUT2D eigenvalue weighted by Gasteiger charge is 2.46. The molecule has 0 bridgehead atoms. The zero-order valence-corrected chi connectivity index (χ0v) is 9.51. The molecule has 86 valence electrons. The maximum absolute atomic E-state index is 4.00. The Morgan fingerprint density at radius 1 is 1.31 bits per heavy atom. The molecule has 1 saturated carbocycles. The highest BCUT2D eigenvalue weighted by atomic mass is 15.5. The minimum atomic E-state index is 0.877. The molecule has 0 saturated heterocycles. The number of hydrogen-bond acceptors (Lipinski definition) is 4. The normalized spacial score (nSPS) is 23.1. The van der Waals surface area contributed by atoms with Gasteiger partial charge in [0.05, 0.1) is 6.20 Å². The van der Waals surface area contributed by atoms with Crippen LogP contribution in [0.4, 0.5) is 0 Å². The zero-order chi connectivity index (χ0) is 11.4. The molecular weight excluding hydrogens is 204 g/mol. The summed E-state index contributed by atoms with van der Waals surface area (Å²) in [5.41, 5.74) is 2.90. The fraction of sp³-hybridized carbons (Fsp3) is 0.600. The van der Waals surface area contributed by atoms with Crippen molar-refractivity contribution in [3.63, 3.8) is 0 Å². The third-order valence-electron chi connectivity index (χ3n) is 2.80. The Kier molecular flexibility index (Phi) is 3.28. The van der Waals surface area contributed by atoms with E-state index in [-0.39, 0.29) is 0 Å². The van der Waals surface area contributed by atoms with Crippen LogP contribution in [0.25, 0.3) is 0 Å². The summed E-state index contributed by atoms with van der Waals surface area (Å²) in [6, 6.07) is 0. The number of hydrogen-bond donors (Lipinski definition) is 2. The van der Waals surface area contributed by atoms with Crippen LogP contribution in [-0.4, -0.2) is 30.8 Å². The summed E-state index contributed by atoms with van der Waals surface area (Å²) in [5.74, 6) is 1.87. The highest BCUT2D eigenvalue weighted by molar-refractivity contribution is 5.34. The maximum atomic E-state index is 4.00. The lowest BCUT2D eigenvalue weighted by atomic mass is 10.2. The third-order valence-corrected chi connectivity index (χ3v) is 2.80. The van der Waals surface area contributed by atoms with Gasteiger partial charge in [-0.3, -0.25) is 5.10 Å². The number of nitrogens with zero attached hydrogens (tertiary/aromatic N) is 4. The molecule has 0 aliphatic heterocycles. The number of nitrogens with one attached hydrogen (secondary N) is 2. The van der Waals surface area contributed by atoms with E-state index in [2.05, 4.69) is 30.8 Å². The Hall–Kier alpha value is -1.72. The Labute approximate surface area is 93.8 Å². The lowest BCUT2D eigenvalue weighted by Gasteiger charge is -1.87. The van der Waals surface area contributed by atoms with E-state index < -0.39 is 0 Å². The maximum Gasteiger partial charge on any atom is 0.161 e. The van der Waals surface area contributed by atoms with Crippen LogP contribution in [0.5, 0.6) is 0 Å². The molecule has 4 rings (SSSR count). The summed E-state index contributed by atoms with van der Waals surface area (Å²) in [6.07, 6.45) is 6.01. The van der Waals surface area contributed by atoms with Crippen LogP contribution in [0.2, 0.25) is 0 Å². The lowest BCUT2D eigenvalue weighted by molar-refractivity contribution is 0.841. The topological polar surface area (TPSA) is 83.1 Å². The van der Waals surface area contributed by atoms with Gasteiger partial charge < -0.3 is 0 Å². The molecule has 6 heteroatoms. The molecule has 1 fully saturated rings. The second kappa shape index (κ2) is 4.87. The van der Waals surface area contributed by atoms with Gasteiger partial charge in [-0.2, -0.15) is 10.3 Å². The molecule has 2 aromatic rings. The van der Waals surface area contributed by atoms with Crippen LogP contribution in [0.1, 0.15) is 37.4 Å². The minimum Gasteiger partial charge on any atom is -0.282 e. The van der Waals surface area contributed by atoms with Gasteiger partial charge in [-0.25, -0.2) is 0 Å². The Morgan fingerprint density at radius 3 is 2.75 bits per heavy atom. The van der Waals surface area contributed by atoms with E-state index >= 15 is 0 Å². The van der Waals surface area contributed by atoms with Crippen LogP contribution < -0.4 is 0 Å². The van der Waals surface area contributed by atoms with Gasteiger partial charge in [-0.15, -0.1) is 10.2 Å². The van der Waals surface area contributed by atoms with Crippen molar-refractivity contribution in [1.82, 2.24) is 30.8 Å². The lowest BCUT2D eigenvalue weighted by Crippen LogP contribution is -1.79. The second-order valence-electron chi connectivity index (χ2n) is 3.68. The second-order valence-corrected chi connectivity index (χ2v) is 3.68. The molecule has 0 amide bonds. The molecule has 2 aliphatic carbocycles. The van der Waals surface area contributed by atoms with Crippen molar-refractivity contribution in [2.24, 2.45) is 5.92 Å². The third kappa shape index (κ3) is 2.10. The highest BCUT2D eigenvalue weighted by Crippen LogP contribution is 2.55. The molecule has 2 N–H and O–H groups in total. The molecule has 2 heterocycles. The van der Waals surface area contributed by atoms with Gasteiger partial charge in [0, 0.05) is 11.6 Å². The molecule has 2 atom stereocenters. The fourth-order valence-corrected chi connectivity index (χ4v) is 2.04. The minimum absolute atomic E-state index is 0.877. The van der Waals surface area contributed by atoms with Gasteiger partial charge in [0.2, 0.25) is 0 Å². The Morgan fingerprint density at radius 2 is 2.19 bits per heavy atom. The molecule has 2 aromatic heterocycles. The van der Waals surface area contributed by atoms with Gasteiger partial charge in [-0.05, 0) is 24.3 Å². The first-order valence-electron chi connectivity index (χ1n) is 5.63. The van der Waals surface area contributed by atoms with E-state index in [4.69, 9.17) is 0 Å². The van der Waals surface area contributed by atoms with E-state index in [1.54, 1.807) is 0 Å². The standard InChI is InChI=1S/C7H8N2.C2H6.CH2N4/c1-4-2-6(4)7-5(1)3-8-9-7;1-2;1-2-4-5-3-1/h3-4,6H,1-2H2,(H,8,9);1-2H3;1H,(H,2,3,4,5)/t4-,6+;;/m0../s1. The summed E-state index contributed by atoms with van der Waals surface area (Å²) < 4.78 is 0. The predicted molar refractivity (Wildman–Crippen MR) is 58.7 cm³/mol. The van der Waals surface area contributed by atoms with E-state index in [1.165, 1.54) is 30.4 Å². The van der Waals surface area contributed by atoms with Crippen molar-refractivity contribution < 1.29 is 0 Å².